The summed E-state index contributed by atoms with van der Waals surface area (Å²) < 4.78 is 20.6. The van der Waals surface area contributed by atoms with Gasteiger partial charge in [-0.05, 0) is 60.5 Å². The average Bonchev–Trinajstić information content (AvgIpc) is 2.94. The third-order valence-corrected chi connectivity index (χ3v) is 5.78. The number of hydrogen-bond acceptors (Lipinski definition) is 5. The molecule has 29 heavy (non-hydrogen) atoms. The topological polar surface area (TPSA) is 68.6 Å². The van der Waals surface area contributed by atoms with E-state index in [0.29, 0.717) is 27.8 Å². The number of ether oxygens (including phenoxy) is 1. The summed E-state index contributed by atoms with van der Waals surface area (Å²) in [7, 11) is 0. The number of nitrogens with zero attached hydrogens (tertiary/aromatic N) is 2. The van der Waals surface area contributed by atoms with E-state index >= 15 is 0 Å². The zero-order valence-electron chi connectivity index (χ0n) is 16.4. The van der Waals surface area contributed by atoms with Crippen LogP contribution < -0.4 is 14.8 Å². The van der Waals surface area contributed by atoms with Gasteiger partial charge in [0.15, 0.2) is 0 Å². The van der Waals surface area contributed by atoms with Crippen LogP contribution in [0.25, 0.3) is 12.2 Å². The largest absolute Gasteiger partial charge is 0.463 e. The Bertz CT molecular complexity index is 1070. The van der Waals surface area contributed by atoms with Crippen molar-refractivity contribution >= 4 is 51.3 Å². The standard InChI is InChI=1S/C20H22BrFN2O4S/c1-4-23(5-2)17(25)12-24-18(11-19(26)28-6-3)29-16(20(24)27)10-13-7-8-15(22)14(21)9-13/h7-11H,4-6,12H2,1-3H3/b16-10-,18-11-. The Labute approximate surface area is 180 Å². The summed E-state index contributed by atoms with van der Waals surface area (Å²) in [4.78, 5) is 39.0. The maximum Gasteiger partial charge on any atom is 0.333 e. The van der Waals surface area contributed by atoms with Gasteiger partial charge < -0.3 is 9.64 Å². The van der Waals surface area contributed by atoms with Crippen LogP contribution in [0.15, 0.2) is 27.5 Å². The summed E-state index contributed by atoms with van der Waals surface area (Å²) in [5.74, 6) is -1.22. The van der Waals surface area contributed by atoms with Crippen molar-refractivity contribution in [2.75, 3.05) is 19.7 Å². The molecule has 0 spiro atoms. The van der Waals surface area contributed by atoms with E-state index in [0.717, 1.165) is 11.3 Å². The highest BCUT2D eigenvalue weighted by molar-refractivity contribution is 9.10. The van der Waals surface area contributed by atoms with Gasteiger partial charge in [-0.25, -0.2) is 9.18 Å². The first-order valence-corrected chi connectivity index (χ1v) is 10.7. The van der Waals surface area contributed by atoms with Gasteiger partial charge in [-0.3, -0.25) is 14.2 Å². The van der Waals surface area contributed by atoms with E-state index in [1.165, 1.54) is 16.7 Å². The van der Waals surface area contributed by atoms with Gasteiger partial charge >= 0.3 is 5.97 Å². The molecule has 9 heteroatoms. The van der Waals surface area contributed by atoms with Gasteiger partial charge in [-0.15, -0.1) is 11.3 Å². The van der Waals surface area contributed by atoms with E-state index in [1.807, 2.05) is 13.8 Å². The zero-order valence-corrected chi connectivity index (χ0v) is 18.8. The molecule has 0 radical (unpaired) electrons. The number of halogens is 2. The van der Waals surface area contributed by atoms with Crippen molar-refractivity contribution < 1.29 is 18.7 Å². The molecular weight excluding hydrogens is 463 g/mol. The lowest BCUT2D eigenvalue weighted by Gasteiger charge is -2.18. The Balaban J connectivity index is 2.60. The summed E-state index contributed by atoms with van der Waals surface area (Å²) in [6, 6.07) is 4.38. The van der Waals surface area contributed by atoms with Gasteiger partial charge in [0.05, 0.1) is 21.7 Å². The number of amides is 1. The number of rotatable bonds is 7. The molecule has 6 nitrogen and oxygen atoms in total. The summed E-state index contributed by atoms with van der Waals surface area (Å²) in [6.45, 7) is 6.46. The van der Waals surface area contributed by atoms with Crippen LogP contribution in [-0.2, 0) is 20.9 Å². The number of carbonyl (C=O) groups is 2. The monoisotopic (exact) mass is 484 g/mol. The lowest BCUT2D eigenvalue weighted by atomic mass is 10.2. The highest BCUT2D eigenvalue weighted by Gasteiger charge is 2.15. The number of thiazole rings is 1. The Morgan fingerprint density at radius 1 is 1.28 bits per heavy atom. The molecule has 0 saturated carbocycles. The first-order valence-electron chi connectivity index (χ1n) is 9.13. The van der Waals surface area contributed by atoms with Crippen molar-refractivity contribution in [2.24, 2.45) is 0 Å². The second-order valence-electron chi connectivity index (χ2n) is 5.98. The Kier molecular flexibility index (Phi) is 8.33. The van der Waals surface area contributed by atoms with Crippen molar-refractivity contribution in [2.45, 2.75) is 27.3 Å². The summed E-state index contributed by atoms with van der Waals surface area (Å²) in [5.41, 5.74) is 0.216. The van der Waals surface area contributed by atoms with E-state index < -0.39 is 17.3 Å². The fourth-order valence-electron chi connectivity index (χ4n) is 2.64. The third kappa shape index (κ3) is 5.86. The molecule has 1 aromatic carbocycles. The molecule has 1 amide bonds. The quantitative estimate of drug-likeness (QED) is 0.562. The summed E-state index contributed by atoms with van der Waals surface area (Å²) in [5, 5.41) is 0. The number of carbonyl (C=O) groups excluding carboxylic acids is 2. The molecule has 0 N–H and O–H groups in total. The predicted molar refractivity (Wildman–Crippen MR) is 115 cm³/mol. The van der Waals surface area contributed by atoms with Gasteiger partial charge in [0.25, 0.3) is 5.56 Å². The van der Waals surface area contributed by atoms with Crippen LogP contribution in [-0.4, -0.2) is 41.0 Å². The van der Waals surface area contributed by atoms with Crippen molar-refractivity contribution in [3.63, 3.8) is 0 Å². The predicted octanol–water partition coefficient (Wildman–Crippen LogP) is 1.85. The zero-order chi connectivity index (χ0) is 21.6. The van der Waals surface area contributed by atoms with Gasteiger partial charge in [0, 0.05) is 13.1 Å². The molecule has 1 heterocycles. The number of likely N-dealkylation sites (N-methyl/N-ethyl adjacent to an activating group) is 1. The van der Waals surface area contributed by atoms with Crippen LogP contribution in [0.3, 0.4) is 0 Å². The molecule has 156 valence electrons. The van der Waals surface area contributed by atoms with E-state index in [9.17, 15) is 18.8 Å². The summed E-state index contributed by atoms with van der Waals surface area (Å²) in [6.07, 6.45) is 2.81. The lowest BCUT2D eigenvalue weighted by Crippen LogP contribution is -2.40. The average molecular weight is 485 g/mol. The normalized spacial score (nSPS) is 12.3. The van der Waals surface area contributed by atoms with E-state index in [1.54, 1.807) is 30.0 Å². The minimum atomic E-state index is -0.589. The molecule has 0 aliphatic carbocycles. The van der Waals surface area contributed by atoms with Crippen LogP contribution in [0.1, 0.15) is 26.3 Å². The fourth-order valence-corrected chi connectivity index (χ4v) is 4.07. The first-order chi connectivity index (χ1) is 13.8. The van der Waals surface area contributed by atoms with Crippen LogP contribution in [0.2, 0.25) is 0 Å². The third-order valence-electron chi connectivity index (χ3n) is 4.12. The smallest absolute Gasteiger partial charge is 0.333 e. The molecule has 0 saturated heterocycles. The molecular formula is C20H22BrFN2O4S. The van der Waals surface area contributed by atoms with Crippen LogP contribution >= 0.6 is 27.3 Å². The molecule has 0 aliphatic rings. The molecule has 2 aromatic rings. The van der Waals surface area contributed by atoms with Crippen LogP contribution in [0.4, 0.5) is 4.39 Å². The van der Waals surface area contributed by atoms with Gasteiger partial charge in [-0.2, -0.15) is 0 Å². The van der Waals surface area contributed by atoms with Gasteiger partial charge in [0.1, 0.15) is 17.0 Å². The minimum Gasteiger partial charge on any atom is -0.463 e. The van der Waals surface area contributed by atoms with E-state index in [2.05, 4.69) is 15.9 Å². The maximum absolute atomic E-state index is 13.5. The van der Waals surface area contributed by atoms with Crippen LogP contribution in [0.5, 0.6) is 0 Å². The SMILES string of the molecule is CCOC(=O)/C=c1\s/c(=C\c2ccc(F)c(Br)c2)c(=O)n1CC(=O)N(CC)CC. The Morgan fingerprint density at radius 3 is 2.55 bits per heavy atom. The van der Waals surface area contributed by atoms with E-state index in [-0.39, 0.29) is 23.5 Å². The van der Waals surface area contributed by atoms with E-state index in [4.69, 9.17) is 4.74 Å². The first kappa shape index (κ1) is 23.0. The molecule has 0 fully saturated rings. The fraction of sp³-hybridized carbons (Fsp3) is 0.350. The second-order valence-corrected chi connectivity index (χ2v) is 7.89. The molecule has 0 atom stereocenters. The molecule has 0 aliphatic heterocycles. The number of benzene rings is 1. The summed E-state index contributed by atoms with van der Waals surface area (Å²) >= 11 is 4.19. The van der Waals surface area contributed by atoms with Crippen molar-refractivity contribution in [3.8, 4) is 0 Å². The van der Waals surface area contributed by atoms with Gasteiger partial charge in [-0.1, -0.05) is 6.07 Å². The molecule has 2 rings (SSSR count). The lowest BCUT2D eigenvalue weighted by molar-refractivity contribution is -0.135. The minimum absolute atomic E-state index is 0.177. The number of aromatic nitrogens is 1. The number of hydrogen-bond donors (Lipinski definition) is 0. The van der Waals surface area contributed by atoms with Crippen molar-refractivity contribution in [1.29, 1.82) is 0 Å². The Hall–Kier alpha value is -2.26. The maximum atomic E-state index is 13.5. The highest BCUT2D eigenvalue weighted by atomic mass is 79.9. The second kappa shape index (κ2) is 10.5. The van der Waals surface area contributed by atoms with Crippen molar-refractivity contribution in [1.82, 2.24) is 9.47 Å². The van der Waals surface area contributed by atoms with Crippen LogP contribution in [0, 0.1) is 5.82 Å². The van der Waals surface area contributed by atoms with Gasteiger partial charge in [0.2, 0.25) is 5.91 Å². The highest BCUT2D eigenvalue weighted by Crippen LogP contribution is 2.17. The van der Waals surface area contributed by atoms with Crippen molar-refractivity contribution in [3.05, 3.63) is 53.6 Å². The molecule has 0 unspecified atom stereocenters. The molecule has 1 aromatic heterocycles. The Morgan fingerprint density at radius 2 is 1.97 bits per heavy atom. The molecule has 0 bridgehead atoms. The number of esters is 1.